The van der Waals surface area contributed by atoms with Crippen molar-refractivity contribution in [2.75, 3.05) is 6.61 Å². The van der Waals surface area contributed by atoms with Crippen molar-refractivity contribution < 1.29 is 9.53 Å². The quantitative estimate of drug-likeness (QED) is 0.669. The standard InChI is InChI=1S/C13H22O2/c1-9(2)7-15-11-10(14)12(3,4)8-13(11,5)6/h11H,1,7-8H2,2-6H3. The molecule has 0 aromatic heterocycles. The molecule has 1 saturated carbocycles. The van der Waals surface area contributed by atoms with Gasteiger partial charge in [-0.3, -0.25) is 4.79 Å². The van der Waals surface area contributed by atoms with Crippen LogP contribution in [0.3, 0.4) is 0 Å². The van der Waals surface area contributed by atoms with Crippen molar-refractivity contribution in [2.45, 2.75) is 47.1 Å². The van der Waals surface area contributed by atoms with Gasteiger partial charge in [0.2, 0.25) is 0 Å². The summed E-state index contributed by atoms with van der Waals surface area (Å²) in [5, 5.41) is 0. The molecule has 1 rings (SSSR count). The summed E-state index contributed by atoms with van der Waals surface area (Å²) in [4.78, 5) is 12.1. The maximum Gasteiger partial charge on any atom is 0.167 e. The molecule has 1 unspecified atom stereocenters. The minimum absolute atomic E-state index is 0.0595. The molecule has 1 aliphatic rings. The van der Waals surface area contributed by atoms with Gasteiger partial charge in [0.1, 0.15) is 6.10 Å². The van der Waals surface area contributed by atoms with Crippen LogP contribution in [0.5, 0.6) is 0 Å². The summed E-state index contributed by atoms with van der Waals surface area (Å²) in [6.45, 7) is 14.4. The van der Waals surface area contributed by atoms with Gasteiger partial charge in [-0.2, -0.15) is 0 Å². The molecular formula is C13H22O2. The van der Waals surface area contributed by atoms with Crippen molar-refractivity contribution in [1.82, 2.24) is 0 Å². The summed E-state index contributed by atoms with van der Waals surface area (Å²) < 4.78 is 5.68. The van der Waals surface area contributed by atoms with Crippen LogP contribution in [0.4, 0.5) is 0 Å². The van der Waals surface area contributed by atoms with E-state index in [4.69, 9.17) is 4.74 Å². The number of ketones is 1. The smallest absolute Gasteiger partial charge is 0.167 e. The van der Waals surface area contributed by atoms with Gasteiger partial charge < -0.3 is 4.74 Å². The molecule has 0 spiro atoms. The molecule has 2 nitrogen and oxygen atoms in total. The zero-order chi connectivity index (χ0) is 11.9. The highest BCUT2D eigenvalue weighted by atomic mass is 16.5. The second kappa shape index (κ2) is 3.75. The lowest BCUT2D eigenvalue weighted by Crippen LogP contribution is -2.33. The average Bonchev–Trinajstić information content (AvgIpc) is 2.14. The van der Waals surface area contributed by atoms with Crippen molar-refractivity contribution in [3.8, 4) is 0 Å². The third kappa shape index (κ3) is 2.49. The molecule has 0 aliphatic heterocycles. The number of carbonyl (C=O) groups excluding carboxylic acids is 1. The number of ether oxygens (including phenoxy) is 1. The molecule has 0 N–H and O–H groups in total. The average molecular weight is 210 g/mol. The highest BCUT2D eigenvalue weighted by molar-refractivity contribution is 5.91. The maximum atomic E-state index is 12.1. The van der Waals surface area contributed by atoms with Gasteiger partial charge in [0.25, 0.3) is 0 Å². The van der Waals surface area contributed by atoms with E-state index in [1.807, 2.05) is 20.8 Å². The summed E-state index contributed by atoms with van der Waals surface area (Å²) in [6.07, 6.45) is 0.615. The third-order valence-corrected chi connectivity index (χ3v) is 3.01. The lowest BCUT2D eigenvalue weighted by Gasteiger charge is -2.25. The van der Waals surface area contributed by atoms with Crippen LogP contribution in [-0.2, 0) is 9.53 Å². The van der Waals surface area contributed by atoms with Crippen LogP contribution in [0.25, 0.3) is 0 Å². The lowest BCUT2D eigenvalue weighted by molar-refractivity contribution is -0.135. The van der Waals surface area contributed by atoms with Gasteiger partial charge in [-0.25, -0.2) is 0 Å². The van der Waals surface area contributed by atoms with Crippen LogP contribution < -0.4 is 0 Å². The molecule has 1 atom stereocenters. The van der Waals surface area contributed by atoms with Crippen molar-refractivity contribution >= 4 is 5.78 Å². The van der Waals surface area contributed by atoms with E-state index in [1.165, 1.54) is 0 Å². The van der Waals surface area contributed by atoms with E-state index in [0.717, 1.165) is 12.0 Å². The molecule has 0 amide bonds. The number of Topliss-reactive ketones (excluding diaryl/α,β-unsaturated/α-hetero) is 1. The fraction of sp³-hybridized carbons (Fsp3) is 0.769. The first-order chi connectivity index (χ1) is 6.67. The van der Waals surface area contributed by atoms with Gasteiger partial charge >= 0.3 is 0 Å². The molecule has 0 aromatic carbocycles. The Morgan fingerprint density at radius 3 is 2.33 bits per heavy atom. The summed E-state index contributed by atoms with van der Waals surface area (Å²) in [7, 11) is 0. The molecule has 86 valence electrons. The molecule has 2 heteroatoms. The fourth-order valence-electron chi connectivity index (χ4n) is 2.56. The molecule has 0 aromatic rings. The molecular weight excluding hydrogens is 188 g/mol. The largest absolute Gasteiger partial charge is 0.366 e. The topological polar surface area (TPSA) is 26.3 Å². The SMILES string of the molecule is C=C(C)COC1C(=O)C(C)(C)CC1(C)C. The molecule has 0 saturated heterocycles. The zero-order valence-corrected chi connectivity index (χ0v) is 10.5. The zero-order valence-electron chi connectivity index (χ0n) is 10.5. The second-order valence-corrected chi connectivity index (χ2v) is 6.06. The first-order valence-corrected chi connectivity index (χ1v) is 5.47. The second-order valence-electron chi connectivity index (χ2n) is 6.06. The summed E-state index contributed by atoms with van der Waals surface area (Å²) >= 11 is 0. The van der Waals surface area contributed by atoms with E-state index in [-0.39, 0.29) is 22.7 Å². The van der Waals surface area contributed by atoms with Crippen molar-refractivity contribution in [3.63, 3.8) is 0 Å². The van der Waals surface area contributed by atoms with Gasteiger partial charge in [-0.05, 0) is 18.8 Å². The van der Waals surface area contributed by atoms with Gasteiger partial charge in [-0.15, -0.1) is 0 Å². The van der Waals surface area contributed by atoms with Crippen LogP contribution in [0.15, 0.2) is 12.2 Å². The van der Waals surface area contributed by atoms with E-state index >= 15 is 0 Å². The van der Waals surface area contributed by atoms with Gasteiger partial charge in [0, 0.05) is 5.41 Å². The van der Waals surface area contributed by atoms with E-state index < -0.39 is 0 Å². The Bertz CT molecular complexity index is 287. The maximum absolute atomic E-state index is 12.1. The van der Waals surface area contributed by atoms with Crippen molar-refractivity contribution in [1.29, 1.82) is 0 Å². The van der Waals surface area contributed by atoms with Crippen molar-refractivity contribution in [2.24, 2.45) is 10.8 Å². The van der Waals surface area contributed by atoms with E-state index in [1.54, 1.807) is 0 Å². The van der Waals surface area contributed by atoms with Crippen LogP contribution in [0.2, 0.25) is 0 Å². The van der Waals surface area contributed by atoms with Crippen LogP contribution >= 0.6 is 0 Å². The normalized spacial score (nSPS) is 28.1. The Kier molecular flexibility index (Phi) is 3.11. The number of rotatable bonds is 3. The molecule has 15 heavy (non-hydrogen) atoms. The molecule has 0 radical (unpaired) electrons. The first kappa shape index (κ1) is 12.4. The number of carbonyl (C=O) groups is 1. The van der Waals surface area contributed by atoms with E-state index in [2.05, 4.69) is 20.4 Å². The Labute approximate surface area is 92.7 Å². The first-order valence-electron chi connectivity index (χ1n) is 5.47. The van der Waals surface area contributed by atoms with Crippen molar-refractivity contribution in [3.05, 3.63) is 12.2 Å². The molecule has 1 fully saturated rings. The van der Waals surface area contributed by atoms with E-state index in [0.29, 0.717) is 6.61 Å². The molecule has 0 heterocycles. The predicted molar refractivity (Wildman–Crippen MR) is 61.7 cm³/mol. The highest BCUT2D eigenvalue weighted by Gasteiger charge is 2.52. The Hall–Kier alpha value is -0.630. The molecule has 1 aliphatic carbocycles. The van der Waals surface area contributed by atoms with E-state index in [9.17, 15) is 4.79 Å². The monoisotopic (exact) mass is 210 g/mol. The minimum Gasteiger partial charge on any atom is -0.366 e. The van der Waals surface area contributed by atoms with Gasteiger partial charge in [0.15, 0.2) is 5.78 Å². The Morgan fingerprint density at radius 2 is 2.00 bits per heavy atom. The Morgan fingerprint density at radius 1 is 1.47 bits per heavy atom. The summed E-state index contributed by atoms with van der Waals surface area (Å²) in [6, 6.07) is 0. The fourth-order valence-corrected chi connectivity index (χ4v) is 2.56. The molecule has 0 bridgehead atoms. The van der Waals surface area contributed by atoms with Crippen LogP contribution in [0, 0.1) is 10.8 Å². The summed E-state index contributed by atoms with van der Waals surface area (Å²) in [5.41, 5.74) is 0.655. The highest BCUT2D eigenvalue weighted by Crippen LogP contribution is 2.47. The van der Waals surface area contributed by atoms with Crippen LogP contribution in [-0.4, -0.2) is 18.5 Å². The predicted octanol–water partition coefficient (Wildman–Crippen LogP) is 2.97. The van der Waals surface area contributed by atoms with Gasteiger partial charge in [-0.1, -0.05) is 39.8 Å². The van der Waals surface area contributed by atoms with Crippen LogP contribution in [0.1, 0.15) is 41.0 Å². The third-order valence-electron chi connectivity index (χ3n) is 3.01. The lowest BCUT2D eigenvalue weighted by atomic mass is 9.84. The minimum atomic E-state index is -0.274. The van der Waals surface area contributed by atoms with Gasteiger partial charge in [0.05, 0.1) is 6.61 Å². The number of hydrogen-bond donors (Lipinski definition) is 0. The number of hydrogen-bond acceptors (Lipinski definition) is 2. The Balaban J connectivity index is 2.78. The summed E-state index contributed by atoms with van der Waals surface area (Å²) in [5.74, 6) is 0.230.